The summed E-state index contributed by atoms with van der Waals surface area (Å²) in [5.41, 5.74) is -0.0961. The van der Waals surface area contributed by atoms with Crippen LogP contribution in [0.1, 0.15) is 10.4 Å². The van der Waals surface area contributed by atoms with Crippen molar-refractivity contribution >= 4 is 6.29 Å². The van der Waals surface area contributed by atoms with E-state index in [0.29, 0.717) is 6.29 Å². The maximum Gasteiger partial charge on any atom is 0.422 e. The van der Waals surface area contributed by atoms with Gasteiger partial charge in [0.05, 0.1) is 12.7 Å². The second-order valence-electron chi connectivity index (χ2n) is 3.08. The molecule has 7 heteroatoms. The van der Waals surface area contributed by atoms with Gasteiger partial charge >= 0.3 is 6.18 Å². The van der Waals surface area contributed by atoms with Crippen LogP contribution in [0.2, 0.25) is 0 Å². The number of alkyl halides is 3. The van der Waals surface area contributed by atoms with Crippen LogP contribution in [0.4, 0.5) is 13.2 Å². The quantitative estimate of drug-likeness (QED) is 0.832. The molecule has 1 aromatic carbocycles. The van der Waals surface area contributed by atoms with Crippen LogP contribution < -0.4 is 9.47 Å². The fraction of sp³-hybridized carbons (Fsp3) is 0.300. The highest BCUT2D eigenvalue weighted by Crippen LogP contribution is 2.34. The SMILES string of the molecule is COc1cc(C=O)c(O)cc1OCC(F)(F)F. The predicted molar refractivity (Wildman–Crippen MR) is 51.6 cm³/mol. The van der Waals surface area contributed by atoms with Crippen LogP contribution >= 0.6 is 0 Å². The van der Waals surface area contributed by atoms with Gasteiger partial charge in [-0.2, -0.15) is 13.2 Å². The molecule has 0 unspecified atom stereocenters. The largest absolute Gasteiger partial charge is 0.507 e. The Balaban J connectivity index is 2.98. The molecule has 1 aromatic rings. The molecule has 0 spiro atoms. The molecule has 0 aliphatic rings. The molecule has 0 atom stereocenters. The van der Waals surface area contributed by atoms with Crippen LogP contribution in [0.25, 0.3) is 0 Å². The third-order valence-corrected chi connectivity index (χ3v) is 1.83. The highest BCUT2D eigenvalue weighted by molar-refractivity contribution is 5.81. The number of hydrogen-bond donors (Lipinski definition) is 1. The molecular weight excluding hydrogens is 241 g/mol. The average Bonchev–Trinajstić information content (AvgIpc) is 2.25. The van der Waals surface area contributed by atoms with E-state index in [2.05, 4.69) is 4.74 Å². The third kappa shape index (κ3) is 3.54. The van der Waals surface area contributed by atoms with Crippen LogP contribution in [0.5, 0.6) is 17.2 Å². The number of hydrogen-bond acceptors (Lipinski definition) is 4. The van der Waals surface area contributed by atoms with Gasteiger partial charge in [-0.15, -0.1) is 0 Å². The summed E-state index contributed by atoms with van der Waals surface area (Å²) in [6, 6.07) is 1.99. The van der Waals surface area contributed by atoms with Crippen molar-refractivity contribution in [3.05, 3.63) is 17.7 Å². The van der Waals surface area contributed by atoms with Crippen LogP contribution in [0.15, 0.2) is 12.1 Å². The minimum atomic E-state index is -4.50. The molecule has 1 N–H and O–H groups in total. The van der Waals surface area contributed by atoms with Crippen molar-refractivity contribution in [3.63, 3.8) is 0 Å². The molecule has 0 bridgehead atoms. The lowest BCUT2D eigenvalue weighted by molar-refractivity contribution is -0.153. The third-order valence-electron chi connectivity index (χ3n) is 1.83. The first-order valence-electron chi connectivity index (χ1n) is 4.43. The van der Waals surface area contributed by atoms with E-state index in [1.807, 2.05) is 0 Å². The summed E-state index contributed by atoms with van der Waals surface area (Å²) in [7, 11) is 1.21. The summed E-state index contributed by atoms with van der Waals surface area (Å²) in [4.78, 5) is 10.5. The van der Waals surface area contributed by atoms with E-state index in [-0.39, 0.29) is 17.1 Å². The number of carbonyl (C=O) groups excluding carboxylic acids is 1. The smallest absolute Gasteiger partial charge is 0.422 e. The number of rotatable bonds is 4. The molecule has 0 aromatic heterocycles. The zero-order valence-electron chi connectivity index (χ0n) is 8.75. The fourth-order valence-electron chi connectivity index (χ4n) is 1.09. The van der Waals surface area contributed by atoms with E-state index in [4.69, 9.17) is 4.74 Å². The maximum absolute atomic E-state index is 11.9. The van der Waals surface area contributed by atoms with Gasteiger partial charge in [-0.1, -0.05) is 0 Å². The summed E-state index contributed by atoms with van der Waals surface area (Å²) in [5.74, 6) is -0.819. The summed E-state index contributed by atoms with van der Waals surface area (Å²) < 4.78 is 45.0. The Morgan fingerprint density at radius 1 is 1.35 bits per heavy atom. The van der Waals surface area contributed by atoms with Gasteiger partial charge in [0.15, 0.2) is 24.4 Å². The highest BCUT2D eigenvalue weighted by atomic mass is 19.4. The number of ether oxygens (including phenoxy) is 2. The number of aromatic hydroxyl groups is 1. The molecule has 0 heterocycles. The zero-order chi connectivity index (χ0) is 13.1. The molecule has 0 amide bonds. The first-order chi connectivity index (χ1) is 7.87. The molecule has 0 saturated carbocycles. The Morgan fingerprint density at radius 3 is 2.47 bits per heavy atom. The van der Waals surface area contributed by atoms with Crippen molar-refractivity contribution in [2.45, 2.75) is 6.18 Å². The van der Waals surface area contributed by atoms with Gasteiger partial charge in [-0.05, 0) is 6.07 Å². The number of halogens is 3. The summed E-state index contributed by atoms with van der Waals surface area (Å²) in [6.07, 6.45) is -4.14. The van der Waals surface area contributed by atoms with Crippen LogP contribution in [-0.2, 0) is 0 Å². The minimum absolute atomic E-state index is 0.0610. The standard InChI is InChI=1S/C10H9F3O4/c1-16-8-2-6(4-14)7(15)3-9(8)17-5-10(11,12)13/h2-4,15H,5H2,1H3. The summed E-state index contributed by atoms with van der Waals surface area (Å²) >= 11 is 0. The van der Waals surface area contributed by atoms with E-state index in [9.17, 15) is 23.1 Å². The number of carbonyl (C=O) groups is 1. The molecule has 0 aliphatic carbocycles. The second-order valence-corrected chi connectivity index (χ2v) is 3.08. The Hall–Kier alpha value is -1.92. The zero-order valence-corrected chi connectivity index (χ0v) is 8.75. The lowest BCUT2D eigenvalue weighted by atomic mass is 10.2. The van der Waals surface area contributed by atoms with Gasteiger partial charge < -0.3 is 14.6 Å². The first kappa shape index (κ1) is 13.1. The molecule has 0 radical (unpaired) electrons. The maximum atomic E-state index is 11.9. The normalized spacial score (nSPS) is 11.1. The minimum Gasteiger partial charge on any atom is -0.507 e. The van der Waals surface area contributed by atoms with E-state index in [0.717, 1.165) is 12.1 Å². The number of phenolic OH excluding ortho intramolecular Hbond substituents is 1. The van der Waals surface area contributed by atoms with Gasteiger partial charge in [0, 0.05) is 6.07 Å². The van der Waals surface area contributed by atoms with Crippen molar-refractivity contribution in [3.8, 4) is 17.2 Å². The number of benzene rings is 1. The Morgan fingerprint density at radius 2 is 2.00 bits per heavy atom. The van der Waals surface area contributed by atoms with Gasteiger partial charge in [0.2, 0.25) is 0 Å². The molecule has 1 rings (SSSR count). The molecule has 0 fully saturated rings. The van der Waals surface area contributed by atoms with Crippen molar-refractivity contribution in [1.29, 1.82) is 0 Å². The molecular formula is C10H9F3O4. The second kappa shape index (κ2) is 4.94. The van der Waals surface area contributed by atoms with Crippen molar-refractivity contribution in [2.75, 3.05) is 13.7 Å². The number of phenols is 1. The average molecular weight is 250 g/mol. The van der Waals surface area contributed by atoms with Gasteiger partial charge in [-0.25, -0.2) is 0 Å². The lowest BCUT2D eigenvalue weighted by Crippen LogP contribution is -2.19. The Kier molecular flexibility index (Phi) is 3.82. The van der Waals surface area contributed by atoms with Crippen molar-refractivity contribution in [2.24, 2.45) is 0 Å². The first-order valence-corrected chi connectivity index (χ1v) is 4.43. The molecule has 94 valence electrons. The summed E-state index contributed by atoms with van der Waals surface area (Å²) in [6.45, 7) is -1.51. The monoisotopic (exact) mass is 250 g/mol. The fourth-order valence-corrected chi connectivity index (χ4v) is 1.09. The van der Waals surface area contributed by atoms with E-state index in [1.165, 1.54) is 7.11 Å². The van der Waals surface area contributed by atoms with Gasteiger partial charge in [0.1, 0.15) is 5.75 Å². The predicted octanol–water partition coefficient (Wildman–Crippen LogP) is 2.15. The van der Waals surface area contributed by atoms with Crippen molar-refractivity contribution < 1.29 is 32.5 Å². The van der Waals surface area contributed by atoms with E-state index >= 15 is 0 Å². The Labute approximate surface area is 94.6 Å². The number of aldehydes is 1. The van der Waals surface area contributed by atoms with Gasteiger partial charge in [-0.3, -0.25) is 4.79 Å². The molecule has 0 saturated heterocycles. The van der Waals surface area contributed by atoms with Gasteiger partial charge in [0.25, 0.3) is 0 Å². The van der Waals surface area contributed by atoms with Crippen LogP contribution in [0.3, 0.4) is 0 Å². The molecule has 0 aliphatic heterocycles. The van der Waals surface area contributed by atoms with E-state index < -0.39 is 18.5 Å². The Bertz CT molecular complexity index is 415. The number of methoxy groups -OCH3 is 1. The molecule has 4 nitrogen and oxygen atoms in total. The lowest BCUT2D eigenvalue weighted by Gasteiger charge is -2.13. The van der Waals surface area contributed by atoms with E-state index in [1.54, 1.807) is 0 Å². The summed E-state index contributed by atoms with van der Waals surface area (Å²) in [5, 5.41) is 9.29. The molecule has 17 heavy (non-hydrogen) atoms. The van der Waals surface area contributed by atoms with Crippen molar-refractivity contribution in [1.82, 2.24) is 0 Å². The highest BCUT2D eigenvalue weighted by Gasteiger charge is 2.29. The van der Waals surface area contributed by atoms with Crippen LogP contribution in [-0.4, -0.2) is 31.3 Å². The van der Waals surface area contributed by atoms with Crippen LogP contribution in [0, 0.1) is 0 Å². The topological polar surface area (TPSA) is 55.8 Å².